The lowest BCUT2D eigenvalue weighted by Crippen LogP contribution is -2.44. The smallest absolute Gasteiger partial charge is 0.247 e. The predicted molar refractivity (Wildman–Crippen MR) is 120 cm³/mol. The molecule has 0 radical (unpaired) electrons. The topological polar surface area (TPSA) is 86.8 Å². The van der Waals surface area contributed by atoms with E-state index in [1.807, 2.05) is 32.0 Å². The van der Waals surface area contributed by atoms with Crippen LogP contribution in [0.25, 0.3) is 0 Å². The third kappa shape index (κ3) is 3.97. The van der Waals surface area contributed by atoms with Crippen molar-refractivity contribution < 1.29 is 18.0 Å². The van der Waals surface area contributed by atoms with Crippen molar-refractivity contribution in [3.63, 3.8) is 0 Å². The number of nitrogens with one attached hydrogen (secondary N) is 1. The van der Waals surface area contributed by atoms with Gasteiger partial charge in [0.25, 0.3) is 0 Å². The van der Waals surface area contributed by atoms with Crippen LogP contribution < -0.4 is 10.2 Å². The number of sulfonamides is 1. The fourth-order valence-electron chi connectivity index (χ4n) is 4.35. The quantitative estimate of drug-likeness (QED) is 0.790. The summed E-state index contributed by atoms with van der Waals surface area (Å²) in [6.07, 6.45) is 2.00. The zero-order valence-corrected chi connectivity index (χ0v) is 18.8. The number of benzene rings is 2. The van der Waals surface area contributed by atoms with Crippen LogP contribution in [-0.2, 0) is 26.0 Å². The second kappa shape index (κ2) is 8.09. The Kier molecular flexibility index (Phi) is 5.61. The van der Waals surface area contributed by atoms with Crippen LogP contribution >= 0.6 is 0 Å². The Hall–Kier alpha value is -2.71. The molecular formula is C23H27N3O4S. The van der Waals surface area contributed by atoms with Gasteiger partial charge >= 0.3 is 0 Å². The van der Waals surface area contributed by atoms with Crippen molar-refractivity contribution in [2.45, 2.75) is 51.0 Å². The first kappa shape index (κ1) is 21.5. The van der Waals surface area contributed by atoms with Gasteiger partial charge in [-0.2, -0.15) is 4.31 Å². The van der Waals surface area contributed by atoms with Crippen molar-refractivity contribution in [3.05, 3.63) is 53.1 Å². The molecule has 1 saturated heterocycles. The molecule has 2 aliphatic heterocycles. The van der Waals surface area contributed by atoms with Crippen LogP contribution in [0, 0.1) is 13.8 Å². The lowest BCUT2D eigenvalue weighted by atomic mass is 10.1. The number of carbonyl (C=O) groups is 2. The zero-order valence-electron chi connectivity index (χ0n) is 18.0. The summed E-state index contributed by atoms with van der Waals surface area (Å²) in [4.78, 5) is 27.2. The van der Waals surface area contributed by atoms with E-state index >= 15 is 0 Å². The summed E-state index contributed by atoms with van der Waals surface area (Å²) >= 11 is 0. The first-order valence-corrected chi connectivity index (χ1v) is 11.9. The summed E-state index contributed by atoms with van der Waals surface area (Å²) in [5.41, 5.74) is 3.95. The Balaban J connectivity index is 1.63. The minimum Gasteiger partial charge on any atom is -0.324 e. The van der Waals surface area contributed by atoms with Crippen LogP contribution in [-0.4, -0.2) is 43.7 Å². The third-order valence-electron chi connectivity index (χ3n) is 6.03. The summed E-state index contributed by atoms with van der Waals surface area (Å²) in [7, 11) is -3.57. The van der Waals surface area contributed by atoms with Crippen molar-refractivity contribution in [2.24, 2.45) is 0 Å². The Morgan fingerprint density at radius 1 is 1.03 bits per heavy atom. The highest BCUT2D eigenvalue weighted by atomic mass is 32.2. The standard InChI is InChI=1S/C23H27N3O4S/c1-15-6-7-16(2)20(12-15)24-23(28)22-14-18-13-19(8-9-21(18)26(22)17(3)27)31(29,30)25-10-4-5-11-25/h6-9,12-13,22H,4-5,10-11,14H2,1-3H3,(H,24,28). The third-order valence-corrected chi connectivity index (χ3v) is 7.93. The Labute approximate surface area is 183 Å². The Morgan fingerprint density at radius 2 is 1.74 bits per heavy atom. The molecule has 1 unspecified atom stereocenters. The molecule has 2 heterocycles. The van der Waals surface area contributed by atoms with Gasteiger partial charge < -0.3 is 5.32 Å². The molecule has 1 atom stereocenters. The SMILES string of the molecule is CC(=O)N1c2ccc(S(=O)(=O)N3CCCC3)cc2CC1C(=O)Nc1cc(C)ccc1C. The number of aryl methyl sites for hydroxylation is 2. The molecule has 1 fully saturated rings. The molecule has 2 aromatic carbocycles. The van der Waals surface area contributed by atoms with E-state index in [1.165, 1.54) is 22.2 Å². The van der Waals surface area contributed by atoms with Gasteiger partial charge in [0.1, 0.15) is 6.04 Å². The largest absolute Gasteiger partial charge is 0.324 e. The summed E-state index contributed by atoms with van der Waals surface area (Å²) < 4.78 is 27.4. The van der Waals surface area contributed by atoms with Gasteiger partial charge in [0.2, 0.25) is 21.8 Å². The van der Waals surface area contributed by atoms with Gasteiger partial charge in [-0.3, -0.25) is 14.5 Å². The van der Waals surface area contributed by atoms with Crippen LogP contribution in [0.15, 0.2) is 41.3 Å². The number of rotatable bonds is 4. The van der Waals surface area contributed by atoms with Crippen molar-refractivity contribution in [3.8, 4) is 0 Å². The molecule has 0 spiro atoms. The van der Waals surface area contributed by atoms with Gasteiger partial charge in [0, 0.05) is 37.8 Å². The van der Waals surface area contributed by atoms with E-state index in [-0.39, 0.29) is 23.1 Å². The van der Waals surface area contributed by atoms with E-state index in [9.17, 15) is 18.0 Å². The number of hydrogen-bond donors (Lipinski definition) is 1. The summed E-state index contributed by atoms with van der Waals surface area (Å²) in [5.74, 6) is -0.543. The van der Waals surface area contributed by atoms with Gasteiger partial charge in [0.15, 0.2) is 0 Å². The molecule has 8 heteroatoms. The maximum Gasteiger partial charge on any atom is 0.247 e. The van der Waals surface area contributed by atoms with E-state index < -0.39 is 16.1 Å². The van der Waals surface area contributed by atoms with Crippen molar-refractivity contribution in [1.29, 1.82) is 0 Å². The first-order valence-electron chi connectivity index (χ1n) is 10.5. The summed E-state index contributed by atoms with van der Waals surface area (Å²) in [5, 5.41) is 2.94. The lowest BCUT2D eigenvalue weighted by Gasteiger charge is -2.24. The molecule has 0 bridgehead atoms. The van der Waals surface area contributed by atoms with E-state index in [0.29, 0.717) is 30.0 Å². The molecule has 1 N–H and O–H groups in total. The van der Waals surface area contributed by atoms with Crippen LogP contribution in [0.3, 0.4) is 0 Å². The molecular weight excluding hydrogens is 414 g/mol. The highest BCUT2D eigenvalue weighted by Crippen LogP contribution is 2.35. The van der Waals surface area contributed by atoms with E-state index in [1.54, 1.807) is 12.1 Å². The predicted octanol–water partition coefficient (Wildman–Crippen LogP) is 3.00. The van der Waals surface area contributed by atoms with Gasteiger partial charge in [0.05, 0.1) is 4.90 Å². The average molecular weight is 442 g/mol. The van der Waals surface area contributed by atoms with Crippen LogP contribution in [0.4, 0.5) is 11.4 Å². The zero-order chi connectivity index (χ0) is 22.3. The van der Waals surface area contributed by atoms with Gasteiger partial charge in [-0.15, -0.1) is 0 Å². The normalized spacial score (nSPS) is 18.8. The first-order chi connectivity index (χ1) is 14.7. The maximum atomic E-state index is 13.1. The Morgan fingerprint density at radius 3 is 2.42 bits per heavy atom. The molecule has 4 rings (SSSR count). The molecule has 0 aromatic heterocycles. The van der Waals surface area contributed by atoms with Crippen molar-refractivity contribution >= 4 is 33.2 Å². The number of fused-ring (bicyclic) bond motifs is 1. The lowest BCUT2D eigenvalue weighted by molar-refractivity contribution is -0.122. The van der Waals surface area contributed by atoms with Gasteiger partial charge in [-0.25, -0.2) is 8.42 Å². The molecule has 0 aliphatic carbocycles. The molecule has 0 saturated carbocycles. The van der Waals surface area contributed by atoms with Crippen LogP contribution in [0.1, 0.15) is 36.5 Å². The molecule has 2 amide bonds. The van der Waals surface area contributed by atoms with E-state index in [0.717, 1.165) is 24.0 Å². The number of hydrogen-bond acceptors (Lipinski definition) is 4. The molecule has 31 heavy (non-hydrogen) atoms. The second-order valence-electron chi connectivity index (χ2n) is 8.32. The summed E-state index contributed by atoms with van der Waals surface area (Å²) in [6, 6.07) is 9.88. The maximum absolute atomic E-state index is 13.1. The van der Waals surface area contributed by atoms with E-state index in [2.05, 4.69) is 5.32 Å². The minimum absolute atomic E-state index is 0.215. The van der Waals surface area contributed by atoms with Crippen molar-refractivity contribution in [2.75, 3.05) is 23.3 Å². The molecule has 2 aliphatic rings. The summed E-state index contributed by atoms with van der Waals surface area (Å²) in [6.45, 7) is 6.34. The van der Waals surface area contributed by atoms with Crippen molar-refractivity contribution in [1.82, 2.24) is 4.31 Å². The van der Waals surface area contributed by atoms with Gasteiger partial charge in [-0.05, 0) is 67.6 Å². The number of anilines is 2. The fraction of sp³-hybridized carbons (Fsp3) is 0.391. The highest BCUT2D eigenvalue weighted by Gasteiger charge is 2.38. The van der Waals surface area contributed by atoms with Gasteiger partial charge in [-0.1, -0.05) is 12.1 Å². The molecule has 164 valence electrons. The Bertz CT molecular complexity index is 1150. The second-order valence-corrected chi connectivity index (χ2v) is 10.3. The number of nitrogens with zero attached hydrogens (tertiary/aromatic N) is 2. The van der Waals surface area contributed by atoms with Crippen LogP contribution in [0.2, 0.25) is 0 Å². The highest BCUT2D eigenvalue weighted by molar-refractivity contribution is 7.89. The minimum atomic E-state index is -3.57. The van der Waals surface area contributed by atoms with Crippen LogP contribution in [0.5, 0.6) is 0 Å². The fourth-order valence-corrected chi connectivity index (χ4v) is 5.92. The average Bonchev–Trinajstić information content (AvgIpc) is 3.38. The monoisotopic (exact) mass is 441 g/mol. The molecule has 7 nitrogen and oxygen atoms in total. The number of carbonyl (C=O) groups excluding carboxylic acids is 2. The number of amides is 2. The van der Waals surface area contributed by atoms with E-state index in [4.69, 9.17) is 0 Å². The molecule has 2 aromatic rings.